The fourth-order valence-corrected chi connectivity index (χ4v) is 3.59. The highest BCUT2D eigenvalue weighted by molar-refractivity contribution is 7.18. The molecule has 0 atom stereocenters. The molecular formula is C18H14N2S. The monoisotopic (exact) mass is 290 g/mol. The Balaban J connectivity index is 2.11. The van der Waals surface area contributed by atoms with Crippen LogP contribution in [0.3, 0.4) is 0 Å². The molecule has 0 radical (unpaired) electrons. The Morgan fingerprint density at radius 2 is 1.52 bits per heavy atom. The van der Waals surface area contributed by atoms with Crippen LogP contribution < -0.4 is 0 Å². The Hall–Kier alpha value is -2.26. The van der Waals surface area contributed by atoms with Gasteiger partial charge in [0.15, 0.2) is 0 Å². The molecule has 2 aromatic carbocycles. The zero-order chi connectivity index (χ0) is 14.4. The highest BCUT2D eigenvalue weighted by Crippen LogP contribution is 2.34. The van der Waals surface area contributed by atoms with Gasteiger partial charge in [-0.3, -0.25) is 4.98 Å². The van der Waals surface area contributed by atoms with E-state index in [-0.39, 0.29) is 0 Å². The molecule has 4 aromatic rings. The number of hydrogen-bond acceptors (Lipinski definition) is 3. The van der Waals surface area contributed by atoms with Crippen molar-refractivity contribution >= 4 is 32.5 Å². The van der Waals surface area contributed by atoms with Gasteiger partial charge in [-0.05, 0) is 26.0 Å². The fraction of sp³-hybridized carbons (Fsp3) is 0.111. The quantitative estimate of drug-likeness (QED) is 0.486. The van der Waals surface area contributed by atoms with Gasteiger partial charge in [0.1, 0.15) is 0 Å². The van der Waals surface area contributed by atoms with Crippen molar-refractivity contribution in [3.8, 4) is 11.1 Å². The van der Waals surface area contributed by atoms with Crippen molar-refractivity contribution < 1.29 is 0 Å². The van der Waals surface area contributed by atoms with Crippen LogP contribution in [0.4, 0.5) is 0 Å². The third-order valence-corrected chi connectivity index (χ3v) is 4.61. The highest BCUT2D eigenvalue weighted by atomic mass is 32.1. The highest BCUT2D eigenvalue weighted by Gasteiger charge is 2.11. The fourth-order valence-electron chi connectivity index (χ4n) is 2.74. The molecule has 0 aliphatic rings. The second kappa shape index (κ2) is 4.64. The van der Waals surface area contributed by atoms with Crippen molar-refractivity contribution in [2.75, 3.05) is 0 Å². The molecule has 0 amide bonds. The second-order valence-electron chi connectivity index (χ2n) is 5.22. The number of aromatic nitrogens is 2. The normalized spacial score (nSPS) is 11.3. The maximum atomic E-state index is 4.74. The van der Waals surface area contributed by atoms with Crippen LogP contribution >= 0.6 is 11.3 Å². The van der Waals surface area contributed by atoms with Crippen molar-refractivity contribution in [1.82, 2.24) is 9.97 Å². The predicted molar refractivity (Wildman–Crippen MR) is 89.8 cm³/mol. The average Bonchev–Trinajstić information content (AvgIpc) is 2.86. The molecule has 0 aliphatic carbocycles. The molecule has 0 spiro atoms. The molecule has 0 unspecified atom stereocenters. The summed E-state index contributed by atoms with van der Waals surface area (Å²) < 4.78 is 1.23. The first-order valence-corrected chi connectivity index (χ1v) is 7.77. The molecule has 2 heterocycles. The van der Waals surface area contributed by atoms with Crippen LogP contribution in [0, 0.1) is 13.8 Å². The van der Waals surface area contributed by atoms with Gasteiger partial charge in [-0.15, -0.1) is 11.3 Å². The zero-order valence-electron chi connectivity index (χ0n) is 11.9. The third-order valence-electron chi connectivity index (χ3n) is 3.68. The molecule has 4 rings (SSSR count). The number of nitrogens with zero attached hydrogens (tertiary/aromatic N) is 2. The molecule has 0 saturated carbocycles. The first-order valence-electron chi connectivity index (χ1n) is 6.95. The lowest BCUT2D eigenvalue weighted by Gasteiger charge is -2.07. The van der Waals surface area contributed by atoms with Crippen LogP contribution in [-0.2, 0) is 0 Å². The van der Waals surface area contributed by atoms with Crippen molar-refractivity contribution in [1.29, 1.82) is 0 Å². The van der Waals surface area contributed by atoms with Crippen LogP contribution in [0.5, 0.6) is 0 Å². The number of hydrogen-bond donors (Lipinski definition) is 0. The van der Waals surface area contributed by atoms with Gasteiger partial charge in [0, 0.05) is 22.2 Å². The number of para-hydroxylation sites is 2. The molecule has 0 saturated heterocycles. The van der Waals surface area contributed by atoms with Gasteiger partial charge in [0.25, 0.3) is 0 Å². The van der Waals surface area contributed by atoms with Gasteiger partial charge in [0.05, 0.1) is 20.7 Å². The lowest BCUT2D eigenvalue weighted by atomic mass is 10.0. The van der Waals surface area contributed by atoms with Gasteiger partial charge in [-0.2, -0.15) is 0 Å². The number of aryl methyl sites for hydroxylation is 2. The minimum atomic E-state index is 1.04. The smallest absolute Gasteiger partial charge is 0.0908 e. The van der Waals surface area contributed by atoms with Crippen LogP contribution in [0.1, 0.15) is 10.7 Å². The van der Waals surface area contributed by atoms with Crippen LogP contribution in [0.15, 0.2) is 48.5 Å². The van der Waals surface area contributed by atoms with E-state index in [1.54, 1.807) is 11.3 Å². The number of fused-ring (bicyclic) bond motifs is 2. The summed E-state index contributed by atoms with van der Waals surface area (Å²) in [5, 5.41) is 2.27. The maximum Gasteiger partial charge on any atom is 0.0908 e. The molecule has 0 bridgehead atoms. The summed E-state index contributed by atoms with van der Waals surface area (Å²) in [6, 6.07) is 16.9. The van der Waals surface area contributed by atoms with Gasteiger partial charge >= 0.3 is 0 Å². The van der Waals surface area contributed by atoms with Crippen LogP contribution in [0.25, 0.3) is 32.2 Å². The van der Waals surface area contributed by atoms with Crippen LogP contribution in [-0.4, -0.2) is 9.97 Å². The first-order chi connectivity index (χ1) is 10.2. The van der Waals surface area contributed by atoms with E-state index in [4.69, 9.17) is 9.97 Å². The molecule has 3 heteroatoms. The largest absolute Gasteiger partial charge is 0.252 e. The van der Waals surface area contributed by atoms with E-state index in [1.807, 2.05) is 6.92 Å². The molecule has 0 fully saturated rings. The zero-order valence-corrected chi connectivity index (χ0v) is 12.7. The minimum Gasteiger partial charge on any atom is -0.252 e. The minimum absolute atomic E-state index is 1.04. The summed E-state index contributed by atoms with van der Waals surface area (Å²) in [5.41, 5.74) is 5.50. The molecule has 0 aliphatic heterocycles. The van der Waals surface area contributed by atoms with Crippen molar-refractivity contribution in [2.24, 2.45) is 0 Å². The van der Waals surface area contributed by atoms with E-state index in [9.17, 15) is 0 Å². The Kier molecular flexibility index (Phi) is 2.76. The number of benzene rings is 2. The predicted octanol–water partition coefficient (Wildman–Crippen LogP) is 5.13. The first kappa shape index (κ1) is 12.5. The summed E-state index contributed by atoms with van der Waals surface area (Å²) in [6.07, 6.45) is 0. The third kappa shape index (κ3) is 2.01. The maximum absolute atomic E-state index is 4.74. The number of pyridine rings is 1. The second-order valence-corrected chi connectivity index (χ2v) is 6.45. The lowest BCUT2D eigenvalue weighted by Crippen LogP contribution is -1.88. The molecule has 21 heavy (non-hydrogen) atoms. The van der Waals surface area contributed by atoms with E-state index in [0.29, 0.717) is 0 Å². The summed E-state index contributed by atoms with van der Waals surface area (Å²) in [4.78, 5) is 9.45. The summed E-state index contributed by atoms with van der Waals surface area (Å²) in [5.74, 6) is 0. The topological polar surface area (TPSA) is 25.8 Å². The van der Waals surface area contributed by atoms with E-state index >= 15 is 0 Å². The molecular weight excluding hydrogens is 276 g/mol. The van der Waals surface area contributed by atoms with Crippen molar-refractivity contribution in [3.05, 3.63) is 59.2 Å². The number of rotatable bonds is 1. The van der Waals surface area contributed by atoms with Crippen LogP contribution in [0.2, 0.25) is 0 Å². The molecule has 0 N–H and O–H groups in total. The van der Waals surface area contributed by atoms with E-state index in [0.717, 1.165) is 27.3 Å². The standard InChI is InChI=1S/C18H14N2S/c1-11-9-10-13-5-3-6-14(17(13)19-11)15-7-4-8-16-18(15)20-12(2)21-16/h3-10H,1-2H3. The number of thiazole rings is 1. The Labute approximate surface area is 127 Å². The molecule has 2 nitrogen and oxygen atoms in total. The summed E-state index contributed by atoms with van der Waals surface area (Å²) >= 11 is 1.74. The average molecular weight is 290 g/mol. The van der Waals surface area contributed by atoms with E-state index in [2.05, 4.69) is 55.5 Å². The Bertz CT molecular complexity index is 969. The SMILES string of the molecule is Cc1ccc2cccc(-c3cccc4sc(C)nc34)c2n1. The van der Waals surface area contributed by atoms with E-state index in [1.165, 1.54) is 15.6 Å². The van der Waals surface area contributed by atoms with Gasteiger partial charge in [-0.25, -0.2) is 4.98 Å². The molecule has 102 valence electrons. The Morgan fingerprint density at radius 1 is 0.762 bits per heavy atom. The van der Waals surface area contributed by atoms with Gasteiger partial charge in [-0.1, -0.05) is 36.4 Å². The summed E-state index contributed by atoms with van der Waals surface area (Å²) in [6.45, 7) is 4.09. The van der Waals surface area contributed by atoms with Gasteiger partial charge < -0.3 is 0 Å². The Morgan fingerprint density at radius 3 is 2.38 bits per heavy atom. The molecule has 2 aromatic heterocycles. The van der Waals surface area contributed by atoms with Crippen molar-refractivity contribution in [3.63, 3.8) is 0 Å². The van der Waals surface area contributed by atoms with Gasteiger partial charge in [0.2, 0.25) is 0 Å². The lowest BCUT2D eigenvalue weighted by molar-refractivity contribution is 1.26. The van der Waals surface area contributed by atoms with E-state index < -0.39 is 0 Å². The summed E-state index contributed by atoms with van der Waals surface area (Å²) in [7, 11) is 0. The van der Waals surface area contributed by atoms with Crippen molar-refractivity contribution in [2.45, 2.75) is 13.8 Å².